The van der Waals surface area contributed by atoms with Crippen LogP contribution in [0.4, 0.5) is 13.2 Å². The lowest BCUT2D eigenvalue weighted by molar-refractivity contribution is -0.176. The van der Waals surface area contributed by atoms with Gasteiger partial charge in [-0.3, -0.25) is 4.79 Å². The fourth-order valence-corrected chi connectivity index (χ4v) is 3.16. The number of rotatable bonds is 7. The van der Waals surface area contributed by atoms with E-state index in [4.69, 9.17) is 11.6 Å². The first-order valence-electron chi connectivity index (χ1n) is 9.05. The molecule has 0 radical (unpaired) electrons. The first-order valence-corrected chi connectivity index (χ1v) is 9.43. The molecule has 3 rings (SSSR count). The maximum absolute atomic E-state index is 12.6. The number of aromatic nitrogens is 2. The minimum atomic E-state index is -4.35. The van der Waals surface area contributed by atoms with Gasteiger partial charge in [0.1, 0.15) is 11.8 Å². The summed E-state index contributed by atoms with van der Waals surface area (Å²) in [7, 11) is 0. The average molecular weight is 438 g/mol. The van der Waals surface area contributed by atoms with Crippen molar-refractivity contribution in [3.63, 3.8) is 0 Å². The van der Waals surface area contributed by atoms with Crippen molar-refractivity contribution in [3.05, 3.63) is 82.1 Å². The van der Waals surface area contributed by atoms with Gasteiger partial charge in [0.25, 0.3) is 5.91 Å². The summed E-state index contributed by atoms with van der Waals surface area (Å²) >= 11 is 6.39. The molecular formula is C21H19ClF3N3O2. The largest absolute Gasteiger partial charge is 0.411 e. The summed E-state index contributed by atoms with van der Waals surface area (Å²) in [4.78, 5) is 12.6. The van der Waals surface area contributed by atoms with Crippen molar-refractivity contribution in [2.45, 2.75) is 26.3 Å². The Morgan fingerprint density at radius 1 is 1.10 bits per heavy atom. The summed E-state index contributed by atoms with van der Waals surface area (Å²) in [5.74, 6) is -0.364. The van der Waals surface area contributed by atoms with Crippen LogP contribution in [-0.4, -0.2) is 28.5 Å². The van der Waals surface area contributed by atoms with E-state index in [0.717, 1.165) is 11.3 Å². The van der Waals surface area contributed by atoms with E-state index in [-0.39, 0.29) is 29.8 Å². The zero-order chi connectivity index (χ0) is 21.7. The van der Waals surface area contributed by atoms with Crippen LogP contribution in [0.1, 0.15) is 27.2 Å². The SMILES string of the molecule is Cc1nn(-c2ccccc2)c(Cl)c1C(=O)NCc1ccc(COCC(F)(F)F)cc1. The molecule has 0 spiro atoms. The molecule has 3 aromatic rings. The lowest BCUT2D eigenvalue weighted by Crippen LogP contribution is -2.23. The molecule has 5 nitrogen and oxygen atoms in total. The number of benzene rings is 2. The molecule has 1 aromatic heterocycles. The number of ether oxygens (including phenoxy) is 1. The Bertz CT molecular complexity index is 1000. The third kappa shape index (κ3) is 5.61. The van der Waals surface area contributed by atoms with Crippen LogP contribution in [0.15, 0.2) is 54.6 Å². The van der Waals surface area contributed by atoms with E-state index in [1.165, 1.54) is 4.68 Å². The minimum absolute atomic E-state index is 0.139. The highest BCUT2D eigenvalue weighted by Crippen LogP contribution is 2.23. The molecular weight excluding hydrogens is 419 g/mol. The first-order chi connectivity index (χ1) is 14.2. The van der Waals surface area contributed by atoms with Crippen molar-refractivity contribution in [3.8, 4) is 5.69 Å². The molecule has 0 saturated heterocycles. The number of carbonyl (C=O) groups is 1. The summed E-state index contributed by atoms with van der Waals surface area (Å²) in [5.41, 5.74) is 2.92. The summed E-state index contributed by atoms with van der Waals surface area (Å²) in [6, 6.07) is 16.0. The summed E-state index contributed by atoms with van der Waals surface area (Å²) in [6.07, 6.45) is -4.35. The van der Waals surface area contributed by atoms with Crippen LogP contribution < -0.4 is 5.32 Å². The molecule has 0 unspecified atom stereocenters. The van der Waals surface area contributed by atoms with E-state index in [1.54, 1.807) is 31.2 Å². The zero-order valence-electron chi connectivity index (χ0n) is 16.0. The second kappa shape index (κ2) is 9.32. The lowest BCUT2D eigenvalue weighted by Gasteiger charge is -2.09. The molecule has 0 bridgehead atoms. The third-order valence-corrected chi connectivity index (χ3v) is 4.59. The van der Waals surface area contributed by atoms with E-state index in [2.05, 4.69) is 15.2 Å². The van der Waals surface area contributed by atoms with Gasteiger partial charge in [-0.1, -0.05) is 54.1 Å². The molecule has 1 heterocycles. The Kier molecular flexibility index (Phi) is 6.79. The number of alkyl halides is 3. The number of amides is 1. The van der Waals surface area contributed by atoms with Gasteiger partial charge in [-0.15, -0.1) is 0 Å². The molecule has 2 aromatic carbocycles. The Morgan fingerprint density at radius 3 is 2.37 bits per heavy atom. The van der Waals surface area contributed by atoms with Crippen molar-refractivity contribution < 1.29 is 22.7 Å². The van der Waals surface area contributed by atoms with Crippen LogP contribution in [0.2, 0.25) is 5.15 Å². The highest BCUT2D eigenvalue weighted by Gasteiger charge is 2.27. The number of nitrogens with one attached hydrogen (secondary N) is 1. The molecule has 0 aliphatic heterocycles. The fraction of sp³-hybridized carbons (Fsp3) is 0.238. The fourth-order valence-electron chi connectivity index (χ4n) is 2.81. The van der Waals surface area contributed by atoms with E-state index in [1.807, 2.05) is 30.3 Å². The van der Waals surface area contributed by atoms with Crippen molar-refractivity contribution in [1.29, 1.82) is 0 Å². The topological polar surface area (TPSA) is 56.2 Å². The van der Waals surface area contributed by atoms with Gasteiger partial charge in [0, 0.05) is 6.54 Å². The van der Waals surface area contributed by atoms with E-state index in [9.17, 15) is 18.0 Å². The van der Waals surface area contributed by atoms with Gasteiger partial charge >= 0.3 is 6.18 Å². The lowest BCUT2D eigenvalue weighted by atomic mass is 10.1. The van der Waals surface area contributed by atoms with Gasteiger partial charge in [-0.05, 0) is 30.2 Å². The van der Waals surface area contributed by atoms with Crippen LogP contribution in [-0.2, 0) is 17.9 Å². The van der Waals surface area contributed by atoms with E-state index >= 15 is 0 Å². The molecule has 0 aliphatic rings. The van der Waals surface area contributed by atoms with E-state index < -0.39 is 12.8 Å². The van der Waals surface area contributed by atoms with Crippen molar-refractivity contribution in [2.75, 3.05) is 6.61 Å². The monoisotopic (exact) mass is 437 g/mol. The molecule has 30 heavy (non-hydrogen) atoms. The summed E-state index contributed by atoms with van der Waals surface area (Å²) in [6.45, 7) is 0.506. The molecule has 0 saturated carbocycles. The van der Waals surface area contributed by atoms with Gasteiger partial charge in [-0.2, -0.15) is 18.3 Å². The van der Waals surface area contributed by atoms with Crippen LogP contribution >= 0.6 is 11.6 Å². The minimum Gasteiger partial charge on any atom is -0.367 e. The van der Waals surface area contributed by atoms with Crippen LogP contribution in [0, 0.1) is 6.92 Å². The van der Waals surface area contributed by atoms with Crippen molar-refractivity contribution in [1.82, 2.24) is 15.1 Å². The van der Waals surface area contributed by atoms with Gasteiger partial charge in [0.15, 0.2) is 0 Å². The highest BCUT2D eigenvalue weighted by atomic mass is 35.5. The number of aryl methyl sites for hydroxylation is 1. The average Bonchev–Trinajstić information content (AvgIpc) is 3.01. The number of carbonyl (C=O) groups excluding carboxylic acids is 1. The molecule has 0 fully saturated rings. The van der Waals surface area contributed by atoms with E-state index in [0.29, 0.717) is 11.3 Å². The van der Waals surface area contributed by atoms with Crippen LogP contribution in [0.3, 0.4) is 0 Å². The van der Waals surface area contributed by atoms with Crippen molar-refractivity contribution >= 4 is 17.5 Å². The summed E-state index contributed by atoms with van der Waals surface area (Å²) < 4.78 is 42.5. The smallest absolute Gasteiger partial charge is 0.367 e. The second-order valence-corrected chi connectivity index (χ2v) is 6.96. The first kappa shape index (κ1) is 21.9. The molecule has 0 aliphatic carbocycles. The number of hydrogen-bond acceptors (Lipinski definition) is 3. The normalized spacial score (nSPS) is 11.5. The molecule has 9 heteroatoms. The number of halogens is 4. The standard InChI is InChI=1S/C21H19ClF3N3O2/c1-14-18(19(22)28(27-14)17-5-3-2-4-6-17)20(29)26-11-15-7-9-16(10-8-15)12-30-13-21(23,24)25/h2-10H,11-13H2,1H3,(H,26,29). The zero-order valence-corrected chi connectivity index (χ0v) is 16.8. The Hall–Kier alpha value is -2.84. The van der Waals surface area contributed by atoms with Gasteiger partial charge < -0.3 is 10.1 Å². The summed E-state index contributed by atoms with van der Waals surface area (Å²) in [5, 5.41) is 7.35. The van der Waals surface area contributed by atoms with Gasteiger partial charge in [-0.25, -0.2) is 4.68 Å². The number of para-hydroxylation sites is 1. The second-order valence-electron chi connectivity index (χ2n) is 6.61. The Labute approximate surface area is 176 Å². The molecule has 1 amide bonds. The Balaban J connectivity index is 1.60. The van der Waals surface area contributed by atoms with Gasteiger partial charge in [0.05, 0.1) is 23.6 Å². The third-order valence-electron chi connectivity index (χ3n) is 4.24. The predicted octanol–water partition coefficient (Wildman–Crippen LogP) is 4.84. The quantitative estimate of drug-likeness (QED) is 0.575. The Morgan fingerprint density at radius 2 is 1.73 bits per heavy atom. The molecule has 158 valence electrons. The maximum Gasteiger partial charge on any atom is 0.411 e. The van der Waals surface area contributed by atoms with Gasteiger partial charge in [0.2, 0.25) is 0 Å². The number of hydrogen-bond donors (Lipinski definition) is 1. The highest BCUT2D eigenvalue weighted by molar-refractivity contribution is 6.33. The molecule has 1 N–H and O–H groups in total. The molecule has 0 atom stereocenters. The predicted molar refractivity (Wildman–Crippen MR) is 107 cm³/mol. The van der Waals surface area contributed by atoms with Crippen LogP contribution in [0.25, 0.3) is 5.69 Å². The maximum atomic E-state index is 12.6. The number of nitrogens with zero attached hydrogens (tertiary/aromatic N) is 2. The van der Waals surface area contributed by atoms with Crippen molar-refractivity contribution in [2.24, 2.45) is 0 Å². The van der Waals surface area contributed by atoms with Crippen LogP contribution in [0.5, 0.6) is 0 Å².